The van der Waals surface area contributed by atoms with Gasteiger partial charge < -0.3 is 15.7 Å². The van der Waals surface area contributed by atoms with Gasteiger partial charge in [-0.25, -0.2) is 0 Å². The van der Waals surface area contributed by atoms with Crippen LogP contribution in [0.1, 0.15) is 38.3 Å². The molecule has 0 saturated carbocycles. The van der Waals surface area contributed by atoms with E-state index in [1.54, 1.807) is 12.1 Å². The number of benzene rings is 1. The average Bonchev–Trinajstić information content (AvgIpc) is 2.62. The summed E-state index contributed by atoms with van der Waals surface area (Å²) in [5.74, 6) is 0.740. The molecule has 0 radical (unpaired) electrons. The third kappa shape index (κ3) is 4.65. The van der Waals surface area contributed by atoms with Gasteiger partial charge in [-0.1, -0.05) is 31.6 Å². The fourth-order valence-electron chi connectivity index (χ4n) is 3.65. The van der Waals surface area contributed by atoms with Crippen LogP contribution in [0.3, 0.4) is 0 Å². The first kappa shape index (κ1) is 18.9. The maximum Gasteiger partial charge on any atom is 0.237 e. The molecule has 3 N–H and O–H groups in total. The van der Waals surface area contributed by atoms with E-state index in [-0.39, 0.29) is 23.7 Å². The summed E-state index contributed by atoms with van der Waals surface area (Å²) in [4.78, 5) is 15.3. The molecule has 142 valence electrons. The van der Waals surface area contributed by atoms with Crippen molar-refractivity contribution >= 4 is 5.91 Å². The van der Waals surface area contributed by atoms with Crippen LogP contribution in [0.2, 0.25) is 0 Å². The predicted molar refractivity (Wildman–Crippen MR) is 104 cm³/mol. The standard InChI is InChI=1S/C21H31N3O2/c1-14(2)20(13-24-8-6-15(3)7-9-24)23-21(26)19-11-16-4-5-18(25)10-17(16)12-22-19/h4-6,10,14,19-20,22,25H,7-9,11-13H2,1-3H3,(H,23,26)/t19-,20?/m1/s1. The lowest BCUT2D eigenvalue weighted by atomic mass is 9.94. The van der Waals surface area contributed by atoms with Gasteiger partial charge in [0.05, 0.1) is 6.04 Å². The number of carbonyl (C=O) groups is 1. The number of amides is 1. The Kier molecular flexibility index (Phi) is 5.99. The molecule has 5 heteroatoms. The molecule has 0 bridgehead atoms. The van der Waals surface area contributed by atoms with Gasteiger partial charge in [-0.15, -0.1) is 0 Å². The van der Waals surface area contributed by atoms with E-state index in [0.29, 0.717) is 18.9 Å². The molecule has 0 fully saturated rings. The topological polar surface area (TPSA) is 64.6 Å². The van der Waals surface area contributed by atoms with Crippen molar-refractivity contribution in [3.63, 3.8) is 0 Å². The molecule has 5 nitrogen and oxygen atoms in total. The van der Waals surface area contributed by atoms with Crippen LogP contribution < -0.4 is 10.6 Å². The largest absolute Gasteiger partial charge is 0.508 e. The number of phenolic OH excluding ortho intramolecular Hbond substituents is 1. The second kappa shape index (κ2) is 8.23. The lowest BCUT2D eigenvalue weighted by molar-refractivity contribution is -0.124. The summed E-state index contributed by atoms with van der Waals surface area (Å²) in [5, 5.41) is 16.2. The van der Waals surface area contributed by atoms with Crippen molar-refractivity contribution in [1.82, 2.24) is 15.5 Å². The highest BCUT2D eigenvalue weighted by atomic mass is 16.3. The fraction of sp³-hybridized carbons (Fsp3) is 0.571. The smallest absolute Gasteiger partial charge is 0.237 e. The third-order valence-corrected chi connectivity index (χ3v) is 5.58. The maximum absolute atomic E-state index is 12.8. The minimum Gasteiger partial charge on any atom is -0.508 e. The molecule has 2 atom stereocenters. The Labute approximate surface area is 156 Å². The zero-order valence-corrected chi connectivity index (χ0v) is 16.1. The monoisotopic (exact) mass is 357 g/mol. The molecule has 2 aliphatic rings. The highest BCUT2D eigenvalue weighted by Gasteiger charge is 2.28. The highest BCUT2D eigenvalue weighted by molar-refractivity contribution is 5.82. The van der Waals surface area contributed by atoms with Crippen LogP contribution in [0, 0.1) is 5.92 Å². The van der Waals surface area contributed by atoms with Crippen molar-refractivity contribution in [2.24, 2.45) is 5.92 Å². The van der Waals surface area contributed by atoms with E-state index in [2.05, 4.69) is 42.4 Å². The molecule has 0 aromatic heterocycles. The van der Waals surface area contributed by atoms with Gasteiger partial charge >= 0.3 is 0 Å². The number of hydrogen-bond donors (Lipinski definition) is 3. The van der Waals surface area contributed by atoms with Gasteiger partial charge in [0.1, 0.15) is 5.75 Å². The van der Waals surface area contributed by atoms with E-state index >= 15 is 0 Å². The van der Waals surface area contributed by atoms with Crippen molar-refractivity contribution < 1.29 is 9.90 Å². The SMILES string of the molecule is CC1=CCN(CC(NC(=O)[C@H]2Cc3ccc(O)cc3CN2)C(C)C)CC1. The highest BCUT2D eigenvalue weighted by Crippen LogP contribution is 2.22. The first-order valence-corrected chi connectivity index (χ1v) is 9.65. The summed E-state index contributed by atoms with van der Waals surface area (Å²) in [7, 11) is 0. The van der Waals surface area contributed by atoms with Crippen LogP contribution in [0.25, 0.3) is 0 Å². The Bertz CT molecular complexity index is 684. The Hall–Kier alpha value is -1.85. The number of aromatic hydroxyl groups is 1. The fourth-order valence-corrected chi connectivity index (χ4v) is 3.65. The molecular weight excluding hydrogens is 326 g/mol. The van der Waals surface area contributed by atoms with E-state index in [1.165, 1.54) is 5.57 Å². The summed E-state index contributed by atoms with van der Waals surface area (Å²) < 4.78 is 0. The van der Waals surface area contributed by atoms with Gasteiger partial charge in [0.2, 0.25) is 5.91 Å². The van der Waals surface area contributed by atoms with Crippen molar-refractivity contribution in [3.8, 4) is 5.75 Å². The zero-order chi connectivity index (χ0) is 18.7. The first-order chi connectivity index (χ1) is 12.4. The van der Waals surface area contributed by atoms with Gasteiger partial charge in [-0.05, 0) is 48.9 Å². The molecule has 0 aliphatic carbocycles. The van der Waals surface area contributed by atoms with Crippen LogP contribution in [0.15, 0.2) is 29.8 Å². The van der Waals surface area contributed by atoms with E-state index < -0.39 is 0 Å². The number of hydrogen-bond acceptors (Lipinski definition) is 4. The van der Waals surface area contributed by atoms with Crippen LogP contribution in [-0.2, 0) is 17.8 Å². The van der Waals surface area contributed by atoms with E-state index in [9.17, 15) is 9.90 Å². The van der Waals surface area contributed by atoms with Crippen LogP contribution >= 0.6 is 0 Å². The lowest BCUT2D eigenvalue weighted by Gasteiger charge is -2.33. The van der Waals surface area contributed by atoms with E-state index in [1.807, 2.05) is 6.07 Å². The lowest BCUT2D eigenvalue weighted by Crippen LogP contribution is -2.54. The van der Waals surface area contributed by atoms with Crippen molar-refractivity contribution in [3.05, 3.63) is 41.0 Å². The minimum atomic E-state index is -0.211. The first-order valence-electron chi connectivity index (χ1n) is 9.65. The van der Waals surface area contributed by atoms with Crippen molar-refractivity contribution in [2.45, 2.75) is 52.2 Å². The molecule has 1 aromatic rings. The van der Waals surface area contributed by atoms with E-state index in [0.717, 1.165) is 37.2 Å². The summed E-state index contributed by atoms with van der Waals surface area (Å²) in [6.45, 7) is 10.1. The Morgan fingerprint density at radius 1 is 1.38 bits per heavy atom. The number of fused-ring (bicyclic) bond motifs is 1. The van der Waals surface area contributed by atoms with Crippen LogP contribution in [-0.4, -0.2) is 47.6 Å². The van der Waals surface area contributed by atoms with Gasteiger partial charge in [0.25, 0.3) is 0 Å². The van der Waals surface area contributed by atoms with Crippen LogP contribution in [0.5, 0.6) is 5.75 Å². The Morgan fingerprint density at radius 2 is 2.19 bits per heavy atom. The third-order valence-electron chi connectivity index (χ3n) is 5.58. The molecule has 1 aromatic carbocycles. The number of phenols is 1. The average molecular weight is 357 g/mol. The molecule has 3 rings (SSSR count). The minimum absolute atomic E-state index is 0.0751. The maximum atomic E-state index is 12.8. The molecule has 26 heavy (non-hydrogen) atoms. The second-order valence-electron chi connectivity index (χ2n) is 8.01. The van der Waals surface area contributed by atoms with Gasteiger partial charge in [-0.2, -0.15) is 0 Å². The summed E-state index contributed by atoms with van der Waals surface area (Å²) in [5.41, 5.74) is 3.67. The number of nitrogens with zero attached hydrogens (tertiary/aromatic N) is 1. The van der Waals surface area contributed by atoms with Crippen LogP contribution in [0.4, 0.5) is 0 Å². The predicted octanol–water partition coefficient (Wildman–Crippen LogP) is 2.20. The summed E-state index contributed by atoms with van der Waals surface area (Å²) in [6.07, 6.45) is 4.07. The summed E-state index contributed by atoms with van der Waals surface area (Å²) >= 11 is 0. The molecular formula is C21H31N3O2. The Morgan fingerprint density at radius 3 is 2.88 bits per heavy atom. The summed E-state index contributed by atoms with van der Waals surface area (Å²) in [6, 6.07) is 5.34. The molecule has 1 unspecified atom stereocenters. The van der Waals surface area contributed by atoms with Crippen molar-refractivity contribution in [2.75, 3.05) is 19.6 Å². The van der Waals surface area contributed by atoms with Gasteiger partial charge in [0, 0.05) is 32.2 Å². The molecule has 2 heterocycles. The number of carbonyl (C=O) groups excluding carboxylic acids is 1. The van der Waals surface area contributed by atoms with E-state index in [4.69, 9.17) is 0 Å². The van der Waals surface area contributed by atoms with Crippen molar-refractivity contribution in [1.29, 1.82) is 0 Å². The quantitative estimate of drug-likeness (QED) is 0.707. The second-order valence-corrected chi connectivity index (χ2v) is 8.01. The number of nitrogens with one attached hydrogen (secondary N) is 2. The number of rotatable bonds is 5. The molecule has 1 amide bonds. The Balaban J connectivity index is 1.59. The molecule has 0 saturated heterocycles. The zero-order valence-electron chi connectivity index (χ0n) is 16.1. The molecule has 0 spiro atoms. The van der Waals surface area contributed by atoms with Gasteiger partial charge in [-0.3, -0.25) is 9.69 Å². The van der Waals surface area contributed by atoms with Gasteiger partial charge in [0.15, 0.2) is 0 Å². The normalized spacial score (nSPS) is 21.8. The molecule has 2 aliphatic heterocycles.